The first-order valence-corrected chi connectivity index (χ1v) is 13.7. The van der Waals surface area contributed by atoms with Crippen LogP contribution < -0.4 is 4.90 Å². The van der Waals surface area contributed by atoms with Crippen molar-refractivity contribution in [3.8, 4) is 0 Å². The van der Waals surface area contributed by atoms with E-state index in [9.17, 15) is 14.7 Å². The molecule has 5 atom stereocenters. The lowest BCUT2D eigenvalue weighted by atomic mass is 9.82. The minimum Gasteiger partial charge on any atom is -0.394 e. The number of hydrogen-bond donors (Lipinski definition) is 1. The fourth-order valence-electron chi connectivity index (χ4n) is 5.95. The Morgan fingerprint density at radius 3 is 2.73 bits per heavy atom. The molecule has 8 heteroatoms. The van der Waals surface area contributed by atoms with E-state index >= 15 is 4.11 Å². The molecule has 2 saturated heterocycles. The molecular weight excluding hydrogens is 403 g/mol. The normalized spacial score (nSPS) is 33.6. The largest absolute Gasteiger partial charge is 0.394 e. The summed E-state index contributed by atoms with van der Waals surface area (Å²) in [5.74, 6) is -0.701. The van der Waals surface area contributed by atoms with Crippen molar-refractivity contribution in [3.63, 3.8) is 0 Å². The van der Waals surface area contributed by atoms with Crippen LogP contribution in [-0.2, 0) is 19.9 Å². The lowest BCUT2D eigenvalue weighted by Crippen LogP contribution is -2.44. The molecule has 4 rings (SSSR count). The van der Waals surface area contributed by atoms with Gasteiger partial charge in [0.05, 0.1) is 30.9 Å². The minimum absolute atomic E-state index is 0.0345. The second-order valence-electron chi connectivity index (χ2n) is 9.42. The van der Waals surface area contributed by atoms with Crippen molar-refractivity contribution in [1.29, 1.82) is 0 Å². The monoisotopic (exact) mass is 434 g/mol. The summed E-state index contributed by atoms with van der Waals surface area (Å²) in [5.41, 5.74) is -0.199. The van der Waals surface area contributed by atoms with Gasteiger partial charge in [-0.3, -0.25) is 9.59 Å². The molecule has 2 amide bonds. The van der Waals surface area contributed by atoms with Crippen LogP contribution in [0.2, 0.25) is 18.6 Å². The van der Waals surface area contributed by atoms with Crippen molar-refractivity contribution in [3.05, 3.63) is 29.8 Å². The number of amides is 2. The van der Waals surface area contributed by atoms with E-state index in [2.05, 4.69) is 0 Å². The Labute approximate surface area is 178 Å². The SMILES string of the molecule is C[C@@H]1[C@@H]([Si](C)(C)F)[C@H](CC(=O)N2CCC[C@H]2CO)O[C@@]12C(=O)N(C)c1ccccc12. The summed E-state index contributed by atoms with van der Waals surface area (Å²) in [6, 6.07) is 7.31. The topological polar surface area (TPSA) is 70.1 Å². The highest BCUT2D eigenvalue weighted by molar-refractivity contribution is 6.72. The summed E-state index contributed by atoms with van der Waals surface area (Å²) in [7, 11) is -1.55. The molecule has 1 aromatic carbocycles. The van der Waals surface area contributed by atoms with Crippen LogP contribution in [0.5, 0.6) is 0 Å². The first-order valence-electron chi connectivity index (χ1n) is 10.8. The number of ether oxygens (including phenoxy) is 1. The summed E-state index contributed by atoms with van der Waals surface area (Å²) < 4.78 is 22.0. The number of aliphatic hydroxyl groups is 1. The minimum atomic E-state index is -3.26. The van der Waals surface area contributed by atoms with Crippen LogP contribution in [0, 0.1) is 5.92 Å². The number of hydrogen-bond acceptors (Lipinski definition) is 4. The van der Waals surface area contributed by atoms with E-state index in [0.29, 0.717) is 6.54 Å². The molecule has 0 unspecified atom stereocenters. The summed E-state index contributed by atoms with van der Waals surface area (Å²) in [4.78, 5) is 29.8. The second-order valence-corrected chi connectivity index (χ2v) is 13.2. The molecular formula is C22H31FN2O4Si. The van der Waals surface area contributed by atoms with Crippen molar-refractivity contribution in [2.45, 2.75) is 62.6 Å². The van der Waals surface area contributed by atoms with E-state index in [4.69, 9.17) is 4.74 Å². The van der Waals surface area contributed by atoms with E-state index in [1.54, 1.807) is 29.9 Å². The maximum absolute atomic E-state index is 15.6. The molecule has 1 aromatic rings. The molecule has 164 valence electrons. The van der Waals surface area contributed by atoms with Gasteiger partial charge in [0.2, 0.25) is 14.3 Å². The number of para-hydroxylation sites is 1. The number of fused-ring (bicyclic) bond motifs is 2. The highest BCUT2D eigenvalue weighted by Crippen LogP contribution is 2.59. The molecule has 2 fully saturated rings. The maximum Gasteiger partial charge on any atom is 0.264 e. The van der Waals surface area contributed by atoms with Gasteiger partial charge in [0.15, 0.2) is 5.60 Å². The zero-order chi connectivity index (χ0) is 21.8. The number of likely N-dealkylation sites (N-methyl/N-ethyl adjacent to an activating group) is 1. The van der Waals surface area contributed by atoms with Gasteiger partial charge in [-0.1, -0.05) is 25.1 Å². The summed E-state index contributed by atoms with van der Waals surface area (Å²) >= 11 is 0. The summed E-state index contributed by atoms with van der Waals surface area (Å²) in [5, 5.41) is 9.58. The van der Waals surface area contributed by atoms with Crippen LogP contribution in [0.1, 0.15) is 31.7 Å². The molecule has 1 spiro atoms. The van der Waals surface area contributed by atoms with Gasteiger partial charge in [0, 0.05) is 30.6 Å². The fraction of sp³-hybridized carbons (Fsp3) is 0.636. The molecule has 0 radical (unpaired) electrons. The molecule has 30 heavy (non-hydrogen) atoms. The van der Waals surface area contributed by atoms with Crippen LogP contribution in [-0.4, -0.2) is 62.6 Å². The number of likely N-dealkylation sites (tertiary alicyclic amines) is 1. The molecule has 0 aromatic heterocycles. The van der Waals surface area contributed by atoms with Gasteiger partial charge in [-0.15, -0.1) is 0 Å². The zero-order valence-corrected chi connectivity index (χ0v) is 19.1. The highest BCUT2D eigenvalue weighted by atomic mass is 28.4. The Morgan fingerprint density at radius 1 is 1.37 bits per heavy atom. The van der Waals surface area contributed by atoms with Crippen LogP contribution in [0.25, 0.3) is 0 Å². The number of benzene rings is 1. The lowest BCUT2D eigenvalue weighted by molar-refractivity contribution is -0.149. The van der Waals surface area contributed by atoms with Crippen molar-refractivity contribution in [1.82, 2.24) is 4.90 Å². The number of carbonyl (C=O) groups is 2. The Bertz CT molecular complexity index is 860. The summed E-state index contributed by atoms with van der Waals surface area (Å²) in [6.45, 7) is 5.69. The Balaban J connectivity index is 1.70. The number of rotatable bonds is 4. The predicted octanol–water partition coefficient (Wildman–Crippen LogP) is 2.81. The third-order valence-corrected chi connectivity index (χ3v) is 9.74. The van der Waals surface area contributed by atoms with E-state index in [1.165, 1.54) is 0 Å². The van der Waals surface area contributed by atoms with Crippen molar-refractivity contribution in [2.75, 3.05) is 25.1 Å². The molecule has 0 saturated carbocycles. The summed E-state index contributed by atoms with van der Waals surface area (Å²) in [6.07, 6.45) is 0.999. The standard InChI is InChI=1S/C22H31FN2O4Si/c1-14-20(30(3,4)23)18(12-19(27)25-11-7-8-15(25)13-26)29-22(14)16-9-5-6-10-17(16)24(2)21(22)28/h5-6,9-10,14-15,18,20,26H,7-8,11-13H2,1-4H3/t14-,15+,18+,20-,22+/m1/s1. The Kier molecular flexibility index (Phi) is 5.31. The van der Waals surface area contributed by atoms with Gasteiger partial charge < -0.3 is 23.8 Å². The highest BCUT2D eigenvalue weighted by Gasteiger charge is 2.66. The first-order chi connectivity index (χ1) is 14.1. The van der Waals surface area contributed by atoms with Gasteiger partial charge in [0.25, 0.3) is 5.91 Å². The lowest BCUT2D eigenvalue weighted by Gasteiger charge is -2.31. The molecule has 3 heterocycles. The molecule has 0 aliphatic carbocycles. The van der Waals surface area contributed by atoms with Crippen LogP contribution in [0.4, 0.5) is 9.80 Å². The zero-order valence-electron chi connectivity index (χ0n) is 18.1. The number of halogens is 1. The van der Waals surface area contributed by atoms with E-state index in [-0.39, 0.29) is 36.8 Å². The van der Waals surface area contributed by atoms with E-state index in [0.717, 1.165) is 24.1 Å². The van der Waals surface area contributed by atoms with Crippen LogP contribution >= 0.6 is 0 Å². The molecule has 6 nitrogen and oxygen atoms in total. The maximum atomic E-state index is 15.6. The molecule has 3 aliphatic rings. The van der Waals surface area contributed by atoms with Gasteiger partial charge in [-0.2, -0.15) is 0 Å². The van der Waals surface area contributed by atoms with Gasteiger partial charge in [-0.25, -0.2) is 0 Å². The van der Waals surface area contributed by atoms with Crippen molar-refractivity contribution in [2.24, 2.45) is 5.92 Å². The van der Waals surface area contributed by atoms with Crippen LogP contribution in [0.3, 0.4) is 0 Å². The average Bonchev–Trinajstić information content (AvgIpc) is 3.34. The second kappa shape index (κ2) is 7.42. The van der Waals surface area contributed by atoms with Gasteiger partial charge in [-0.05, 0) is 32.0 Å². The molecule has 0 bridgehead atoms. The average molecular weight is 435 g/mol. The van der Waals surface area contributed by atoms with E-state index < -0.39 is 25.7 Å². The Hall–Kier alpha value is -1.77. The molecule has 3 aliphatic heterocycles. The van der Waals surface area contributed by atoms with Gasteiger partial charge in [0.1, 0.15) is 0 Å². The van der Waals surface area contributed by atoms with Crippen molar-refractivity contribution < 1.29 is 23.5 Å². The number of carbonyl (C=O) groups excluding carboxylic acids is 2. The first kappa shape index (κ1) is 21.5. The number of nitrogens with zero attached hydrogens (tertiary/aromatic N) is 2. The molecule has 1 N–H and O–H groups in total. The van der Waals surface area contributed by atoms with E-state index in [1.807, 2.05) is 31.2 Å². The number of aliphatic hydroxyl groups excluding tert-OH is 1. The Morgan fingerprint density at radius 2 is 2.07 bits per heavy atom. The van der Waals surface area contributed by atoms with Gasteiger partial charge >= 0.3 is 0 Å². The fourth-order valence-corrected chi connectivity index (χ4v) is 8.44. The quantitative estimate of drug-likeness (QED) is 0.584. The third kappa shape index (κ3) is 3.03. The smallest absolute Gasteiger partial charge is 0.264 e. The third-order valence-electron chi connectivity index (χ3n) is 7.28. The number of anilines is 1. The van der Waals surface area contributed by atoms with Crippen molar-refractivity contribution >= 4 is 25.9 Å². The predicted molar refractivity (Wildman–Crippen MR) is 114 cm³/mol. The van der Waals surface area contributed by atoms with Crippen LogP contribution in [0.15, 0.2) is 24.3 Å².